The first kappa shape index (κ1) is 15.4. The quantitative estimate of drug-likeness (QED) is 0.902. The van der Waals surface area contributed by atoms with Crippen molar-refractivity contribution >= 4 is 17.3 Å². The summed E-state index contributed by atoms with van der Waals surface area (Å²) in [7, 11) is 0. The zero-order valence-electron chi connectivity index (χ0n) is 12.6. The average Bonchev–Trinajstić information content (AvgIpc) is 2.37. The number of pyridine rings is 1. The molecule has 1 aromatic heterocycles. The standard InChI is InChI=1S/C16H19ClN2O2/c1-9(2)20-16-13(18)5-6-14(19-16)21-15-10(3)7-12(17)8-11(15)4/h5-9H,18H2,1-4H3. The molecule has 0 atom stereocenters. The van der Waals surface area contributed by atoms with Crippen LogP contribution in [0, 0.1) is 13.8 Å². The molecule has 0 bridgehead atoms. The Bertz CT molecular complexity index is 634. The molecule has 112 valence electrons. The molecule has 0 spiro atoms. The SMILES string of the molecule is Cc1cc(Cl)cc(C)c1Oc1ccc(N)c(OC(C)C)n1. The van der Waals surface area contributed by atoms with Crippen molar-refractivity contribution in [2.45, 2.75) is 33.8 Å². The highest BCUT2D eigenvalue weighted by Gasteiger charge is 2.11. The van der Waals surface area contributed by atoms with E-state index in [-0.39, 0.29) is 6.10 Å². The van der Waals surface area contributed by atoms with E-state index in [4.69, 9.17) is 26.8 Å². The van der Waals surface area contributed by atoms with E-state index in [1.807, 2.05) is 39.8 Å². The number of anilines is 1. The van der Waals surface area contributed by atoms with E-state index in [0.29, 0.717) is 22.5 Å². The Morgan fingerprint density at radius 3 is 2.33 bits per heavy atom. The predicted molar refractivity (Wildman–Crippen MR) is 85.4 cm³/mol. The summed E-state index contributed by atoms with van der Waals surface area (Å²) in [4.78, 5) is 4.31. The van der Waals surface area contributed by atoms with Crippen LogP contribution in [0.2, 0.25) is 5.02 Å². The molecule has 4 nitrogen and oxygen atoms in total. The van der Waals surface area contributed by atoms with Crippen molar-refractivity contribution in [2.75, 3.05) is 5.73 Å². The van der Waals surface area contributed by atoms with Gasteiger partial charge in [0.05, 0.1) is 11.8 Å². The summed E-state index contributed by atoms with van der Waals surface area (Å²) in [5, 5.41) is 0.687. The normalized spacial score (nSPS) is 10.8. The third-order valence-electron chi connectivity index (χ3n) is 2.84. The molecule has 21 heavy (non-hydrogen) atoms. The van der Waals surface area contributed by atoms with E-state index in [0.717, 1.165) is 16.9 Å². The summed E-state index contributed by atoms with van der Waals surface area (Å²) in [5.41, 5.74) is 8.24. The second-order valence-corrected chi connectivity index (χ2v) is 5.62. The first-order chi connectivity index (χ1) is 9.86. The zero-order chi connectivity index (χ0) is 15.6. The molecule has 1 heterocycles. The van der Waals surface area contributed by atoms with Crippen LogP contribution in [-0.2, 0) is 0 Å². The second kappa shape index (κ2) is 6.22. The van der Waals surface area contributed by atoms with E-state index in [1.165, 1.54) is 0 Å². The maximum Gasteiger partial charge on any atom is 0.240 e. The van der Waals surface area contributed by atoms with Gasteiger partial charge in [0, 0.05) is 11.1 Å². The molecule has 0 radical (unpaired) electrons. The lowest BCUT2D eigenvalue weighted by Crippen LogP contribution is -2.09. The van der Waals surface area contributed by atoms with Crippen molar-refractivity contribution in [1.82, 2.24) is 4.98 Å². The Morgan fingerprint density at radius 1 is 1.14 bits per heavy atom. The van der Waals surface area contributed by atoms with Crippen LogP contribution >= 0.6 is 11.6 Å². The van der Waals surface area contributed by atoms with Crippen LogP contribution in [0.5, 0.6) is 17.5 Å². The van der Waals surface area contributed by atoms with Gasteiger partial charge in [0.25, 0.3) is 0 Å². The minimum Gasteiger partial charge on any atom is -0.473 e. The summed E-state index contributed by atoms with van der Waals surface area (Å²) in [6.07, 6.45) is -0.00551. The van der Waals surface area contributed by atoms with Gasteiger partial charge in [0.1, 0.15) is 5.75 Å². The molecule has 0 unspecified atom stereocenters. The Morgan fingerprint density at radius 2 is 1.76 bits per heavy atom. The number of aryl methyl sites for hydroxylation is 2. The molecule has 0 aliphatic carbocycles. The number of halogens is 1. The van der Waals surface area contributed by atoms with Gasteiger partial charge in [0.15, 0.2) is 0 Å². The van der Waals surface area contributed by atoms with Crippen molar-refractivity contribution in [2.24, 2.45) is 0 Å². The molecule has 2 N–H and O–H groups in total. The van der Waals surface area contributed by atoms with Crippen LogP contribution in [0.3, 0.4) is 0 Å². The van der Waals surface area contributed by atoms with E-state index < -0.39 is 0 Å². The third-order valence-corrected chi connectivity index (χ3v) is 3.06. The lowest BCUT2D eigenvalue weighted by Gasteiger charge is -2.14. The van der Waals surface area contributed by atoms with Gasteiger partial charge in [-0.25, -0.2) is 0 Å². The van der Waals surface area contributed by atoms with Crippen LogP contribution in [0.1, 0.15) is 25.0 Å². The molecule has 0 saturated carbocycles. The maximum atomic E-state index is 6.02. The minimum atomic E-state index is -0.00551. The van der Waals surface area contributed by atoms with Crippen molar-refractivity contribution in [3.05, 3.63) is 40.4 Å². The van der Waals surface area contributed by atoms with Gasteiger partial charge in [-0.1, -0.05) is 11.6 Å². The number of nitrogen functional groups attached to an aromatic ring is 1. The Hall–Kier alpha value is -1.94. The van der Waals surface area contributed by atoms with Crippen molar-refractivity contribution in [3.8, 4) is 17.5 Å². The number of hydrogen-bond donors (Lipinski definition) is 1. The molecule has 0 amide bonds. The van der Waals surface area contributed by atoms with Crippen LogP contribution in [0.15, 0.2) is 24.3 Å². The molecular weight excluding hydrogens is 288 g/mol. The molecule has 0 aliphatic rings. The van der Waals surface area contributed by atoms with Crippen molar-refractivity contribution < 1.29 is 9.47 Å². The van der Waals surface area contributed by atoms with Crippen LogP contribution in [0.25, 0.3) is 0 Å². The van der Waals surface area contributed by atoms with E-state index in [9.17, 15) is 0 Å². The fourth-order valence-electron chi connectivity index (χ4n) is 1.97. The number of aromatic nitrogens is 1. The molecule has 2 aromatic rings. The lowest BCUT2D eigenvalue weighted by atomic mass is 10.1. The third kappa shape index (κ3) is 3.79. The number of nitrogens with two attached hydrogens (primary N) is 1. The topological polar surface area (TPSA) is 57.4 Å². The molecule has 0 aliphatic heterocycles. The molecule has 2 rings (SSSR count). The van der Waals surface area contributed by atoms with E-state index in [2.05, 4.69) is 4.98 Å². The minimum absolute atomic E-state index is 0.00551. The molecular formula is C16H19ClN2O2. The summed E-state index contributed by atoms with van der Waals surface area (Å²) in [5.74, 6) is 1.56. The lowest BCUT2D eigenvalue weighted by molar-refractivity contribution is 0.232. The Kier molecular flexibility index (Phi) is 4.58. The van der Waals surface area contributed by atoms with E-state index in [1.54, 1.807) is 12.1 Å². The van der Waals surface area contributed by atoms with E-state index >= 15 is 0 Å². The first-order valence-corrected chi connectivity index (χ1v) is 7.12. The van der Waals surface area contributed by atoms with Crippen molar-refractivity contribution in [1.29, 1.82) is 0 Å². The zero-order valence-corrected chi connectivity index (χ0v) is 13.4. The summed E-state index contributed by atoms with van der Waals surface area (Å²) < 4.78 is 11.4. The smallest absolute Gasteiger partial charge is 0.240 e. The monoisotopic (exact) mass is 306 g/mol. The highest BCUT2D eigenvalue weighted by Crippen LogP contribution is 2.32. The average molecular weight is 307 g/mol. The molecule has 1 aromatic carbocycles. The Labute approximate surface area is 129 Å². The van der Waals surface area contributed by atoms with Gasteiger partial charge < -0.3 is 15.2 Å². The fourth-order valence-corrected chi connectivity index (χ4v) is 2.30. The number of rotatable bonds is 4. The Balaban J connectivity index is 2.32. The molecule has 0 fully saturated rings. The summed E-state index contributed by atoms with van der Waals surface area (Å²) in [6.45, 7) is 7.72. The highest BCUT2D eigenvalue weighted by molar-refractivity contribution is 6.30. The van der Waals surface area contributed by atoms with Gasteiger partial charge in [0.2, 0.25) is 11.8 Å². The highest BCUT2D eigenvalue weighted by atomic mass is 35.5. The van der Waals surface area contributed by atoms with Gasteiger partial charge in [-0.15, -0.1) is 0 Å². The number of nitrogens with zero attached hydrogens (tertiary/aromatic N) is 1. The maximum absolute atomic E-state index is 6.02. The number of hydrogen-bond acceptors (Lipinski definition) is 4. The molecule has 0 saturated heterocycles. The fraction of sp³-hybridized carbons (Fsp3) is 0.312. The second-order valence-electron chi connectivity index (χ2n) is 5.18. The summed E-state index contributed by atoms with van der Waals surface area (Å²) in [6, 6.07) is 7.15. The largest absolute Gasteiger partial charge is 0.473 e. The van der Waals surface area contributed by atoms with Gasteiger partial charge in [-0.05, 0) is 57.0 Å². The van der Waals surface area contributed by atoms with Gasteiger partial charge in [-0.3, -0.25) is 0 Å². The van der Waals surface area contributed by atoms with Crippen LogP contribution in [0.4, 0.5) is 5.69 Å². The van der Waals surface area contributed by atoms with Crippen LogP contribution < -0.4 is 15.2 Å². The van der Waals surface area contributed by atoms with Gasteiger partial charge in [-0.2, -0.15) is 4.98 Å². The first-order valence-electron chi connectivity index (χ1n) is 6.74. The van der Waals surface area contributed by atoms with Gasteiger partial charge >= 0.3 is 0 Å². The van der Waals surface area contributed by atoms with Crippen LogP contribution in [-0.4, -0.2) is 11.1 Å². The number of benzene rings is 1. The number of ether oxygens (including phenoxy) is 2. The van der Waals surface area contributed by atoms with Crippen molar-refractivity contribution in [3.63, 3.8) is 0 Å². The summed E-state index contributed by atoms with van der Waals surface area (Å²) >= 11 is 6.02. The molecule has 5 heteroatoms. The predicted octanol–water partition coefficient (Wildman–Crippen LogP) is 4.51.